The highest BCUT2D eigenvalue weighted by Crippen LogP contribution is 2.14. The van der Waals surface area contributed by atoms with Crippen molar-refractivity contribution in [2.75, 3.05) is 5.32 Å². The summed E-state index contributed by atoms with van der Waals surface area (Å²) in [6.07, 6.45) is 0. The Morgan fingerprint density at radius 3 is 2.43 bits per heavy atom. The number of benzene rings is 2. The number of carbonyl (C=O) groups excluding carboxylic acids is 1. The van der Waals surface area contributed by atoms with Crippen LogP contribution in [0.25, 0.3) is 0 Å². The second-order valence-electron chi connectivity index (χ2n) is 4.34. The molecule has 4 nitrogen and oxygen atoms in total. The molecule has 6 heteroatoms. The predicted molar refractivity (Wildman–Crippen MR) is 89.5 cm³/mol. The van der Waals surface area contributed by atoms with E-state index < -0.39 is 5.91 Å². The number of carbonyl (C=O) groups is 1. The van der Waals surface area contributed by atoms with Gasteiger partial charge in [-0.15, -0.1) is 0 Å². The summed E-state index contributed by atoms with van der Waals surface area (Å²) in [6.45, 7) is 0.533. The summed E-state index contributed by atoms with van der Waals surface area (Å²) in [5.74, 6) is -0.457. The summed E-state index contributed by atoms with van der Waals surface area (Å²) in [5.41, 5.74) is 7.38. The van der Waals surface area contributed by atoms with Gasteiger partial charge < -0.3 is 16.4 Å². The molecule has 0 atom stereocenters. The van der Waals surface area contributed by atoms with Crippen LogP contribution >= 0.6 is 23.8 Å². The average molecular weight is 320 g/mol. The van der Waals surface area contributed by atoms with Crippen LogP contribution < -0.4 is 16.4 Å². The highest BCUT2D eigenvalue weighted by molar-refractivity contribution is 7.80. The number of halogens is 1. The van der Waals surface area contributed by atoms with E-state index in [1.54, 1.807) is 24.3 Å². The molecule has 1 amide bonds. The minimum Gasteiger partial charge on any atom is -0.366 e. The maximum atomic E-state index is 11.0. The zero-order valence-electron chi connectivity index (χ0n) is 11.1. The summed E-state index contributed by atoms with van der Waals surface area (Å²) in [7, 11) is 0. The first kappa shape index (κ1) is 15.3. The molecule has 0 saturated carbocycles. The molecule has 0 spiro atoms. The fourth-order valence-corrected chi connectivity index (χ4v) is 2.10. The van der Waals surface area contributed by atoms with Gasteiger partial charge in [0.25, 0.3) is 0 Å². The zero-order valence-corrected chi connectivity index (χ0v) is 12.7. The zero-order chi connectivity index (χ0) is 15.2. The third-order valence-corrected chi connectivity index (χ3v) is 3.44. The Hall–Kier alpha value is -2.11. The van der Waals surface area contributed by atoms with E-state index in [1.165, 1.54) is 0 Å². The highest BCUT2D eigenvalue weighted by atomic mass is 35.5. The maximum absolute atomic E-state index is 11.0. The number of thiocarbonyl (C=S) groups is 1. The number of amides is 1. The van der Waals surface area contributed by atoms with Crippen LogP contribution in [0.3, 0.4) is 0 Å². The molecule has 0 bridgehead atoms. The van der Waals surface area contributed by atoms with Gasteiger partial charge in [0.15, 0.2) is 5.11 Å². The Bertz CT molecular complexity index is 658. The topological polar surface area (TPSA) is 67.2 Å². The van der Waals surface area contributed by atoms with Crippen molar-refractivity contribution in [1.82, 2.24) is 5.32 Å². The van der Waals surface area contributed by atoms with E-state index in [9.17, 15) is 4.79 Å². The Labute approximate surface area is 133 Å². The van der Waals surface area contributed by atoms with Crippen molar-refractivity contribution in [2.45, 2.75) is 6.54 Å². The van der Waals surface area contributed by atoms with Crippen LogP contribution in [0, 0.1) is 0 Å². The van der Waals surface area contributed by atoms with E-state index in [-0.39, 0.29) is 0 Å². The summed E-state index contributed by atoms with van der Waals surface area (Å²) < 4.78 is 0. The van der Waals surface area contributed by atoms with Crippen LogP contribution in [0.1, 0.15) is 15.9 Å². The molecule has 2 rings (SSSR count). The van der Waals surface area contributed by atoms with Gasteiger partial charge in [-0.3, -0.25) is 4.79 Å². The van der Waals surface area contributed by atoms with E-state index in [0.717, 1.165) is 11.3 Å². The Kier molecular flexibility index (Phi) is 5.14. The van der Waals surface area contributed by atoms with Crippen LogP contribution in [0.4, 0.5) is 5.69 Å². The smallest absolute Gasteiger partial charge is 0.248 e. The SMILES string of the molecule is NC(=O)c1ccc(NC(=S)NCc2ccccc2Cl)cc1. The normalized spacial score (nSPS) is 9.95. The van der Waals surface area contributed by atoms with E-state index in [4.69, 9.17) is 29.6 Å². The van der Waals surface area contributed by atoms with E-state index in [2.05, 4.69) is 10.6 Å². The van der Waals surface area contributed by atoms with Crippen molar-refractivity contribution < 1.29 is 4.79 Å². The minimum absolute atomic E-state index is 0.454. The molecule has 2 aromatic carbocycles. The Morgan fingerprint density at radius 1 is 1.14 bits per heavy atom. The van der Waals surface area contributed by atoms with E-state index in [0.29, 0.717) is 22.2 Å². The van der Waals surface area contributed by atoms with Gasteiger partial charge in [-0.1, -0.05) is 29.8 Å². The fourth-order valence-electron chi connectivity index (χ4n) is 1.71. The second kappa shape index (κ2) is 7.06. The van der Waals surface area contributed by atoms with Crippen LogP contribution in [0.2, 0.25) is 5.02 Å². The highest BCUT2D eigenvalue weighted by Gasteiger charge is 2.03. The average Bonchev–Trinajstić information content (AvgIpc) is 2.47. The molecule has 0 aliphatic rings. The van der Waals surface area contributed by atoms with Gasteiger partial charge in [-0.2, -0.15) is 0 Å². The van der Waals surface area contributed by atoms with Gasteiger partial charge in [0.05, 0.1) is 0 Å². The van der Waals surface area contributed by atoms with E-state index in [1.807, 2.05) is 24.3 Å². The van der Waals surface area contributed by atoms with Crippen LogP contribution in [0.5, 0.6) is 0 Å². The molecule has 0 aliphatic heterocycles. The molecule has 0 fully saturated rings. The quantitative estimate of drug-likeness (QED) is 0.758. The number of rotatable bonds is 4. The second-order valence-corrected chi connectivity index (χ2v) is 5.16. The summed E-state index contributed by atoms with van der Waals surface area (Å²) >= 11 is 11.3. The maximum Gasteiger partial charge on any atom is 0.248 e. The molecule has 0 unspecified atom stereocenters. The molecule has 4 N–H and O–H groups in total. The molecule has 2 aromatic rings. The molecular weight excluding hydrogens is 306 g/mol. The number of hydrogen-bond donors (Lipinski definition) is 3. The van der Waals surface area contributed by atoms with Crippen molar-refractivity contribution in [3.63, 3.8) is 0 Å². The molecule has 0 heterocycles. The van der Waals surface area contributed by atoms with Gasteiger partial charge in [0.2, 0.25) is 5.91 Å². The third-order valence-electron chi connectivity index (χ3n) is 2.82. The monoisotopic (exact) mass is 319 g/mol. The van der Waals surface area contributed by atoms with Crippen molar-refractivity contribution in [3.05, 3.63) is 64.7 Å². The van der Waals surface area contributed by atoms with E-state index >= 15 is 0 Å². The number of nitrogens with one attached hydrogen (secondary N) is 2. The Morgan fingerprint density at radius 2 is 1.81 bits per heavy atom. The lowest BCUT2D eigenvalue weighted by Gasteiger charge is -2.11. The molecule has 21 heavy (non-hydrogen) atoms. The minimum atomic E-state index is -0.457. The standard InChI is InChI=1S/C15H14ClN3OS/c16-13-4-2-1-3-11(13)9-18-15(21)19-12-7-5-10(6-8-12)14(17)20/h1-8H,9H2,(H2,17,20)(H2,18,19,21). The lowest BCUT2D eigenvalue weighted by atomic mass is 10.2. The van der Waals surface area contributed by atoms with Gasteiger partial charge in [-0.25, -0.2) is 0 Å². The van der Waals surface area contributed by atoms with Crippen LogP contribution in [0.15, 0.2) is 48.5 Å². The van der Waals surface area contributed by atoms with Crippen LogP contribution in [-0.2, 0) is 6.54 Å². The number of nitrogens with two attached hydrogens (primary N) is 1. The first-order valence-corrected chi connectivity index (χ1v) is 7.03. The summed E-state index contributed by atoms with van der Waals surface area (Å²) in [6, 6.07) is 14.3. The fraction of sp³-hybridized carbons (Fsp3) is 0.0667. The first-order chi connectivity index (χ1) is 10.1. The van der Waals surface area contributed by atoms with Gasteiger partial charge in [-0.05, 0) is 48.1 Å². The summed E-state index contributed by atoms with van der Waals surface area (Å²) in [5, 5.41) is 7.26. The number of hydrogen-bond acceptors (Lipinski definition) is 2. The predicted octanol–water partition coefficient (Wildman–Crippen LogP) is 2.93. The molecule has 0 aliphatic carbocycles. The van der Waals surface area contributed by atoms with Crippen molar-refractivity contribution in [2.24, 2.45) is 5.73 Å². The molecule has 0 aromatic heterocycles. The molecular formula is C15H14ClN3OS. The van der Waals surface area contributed by atoms with Gasteiger partial charge in [0, 0.05) is 22.8 Å². The molecule has 0 radical (unpaired) electrons. The van der Waals surface area contributed by atoms with Crippen molar-refractivity contribution >= 4 is 40.5 Å². The van der Waals surface area contributed by atoms with Gasteiger partial charge in [0.1, 0.15) is 0 Å². The lowest BCUT2D eigenvalue weighted by molar-refractivity contribution is 0.100. The number of anilines is 1. The van der Waals surface area contributed by atoms with Crippen LogP contribution in [-0.4, -0.2) is 11.0 Å². The van der Waals surface area contributed by atoms with Crippen molar-refractivity contribution in [1.29, 1.82) is 0 Å². The molecule has 0 saturated heterocycles. The largest absolute Gasteiger partial charge is 0.366 e. The number of primary amides is 1. The molecule has 108 valence electrons. The third kappa shape index (κ3) is 4.44. The van der Waals surface area contributed by atoms with Crippen molar-refractivity contribution in [3.8, 4) is 0 Å². The Balaban J connectivity index is 1.90. The van der Waals surface area contributed by atoms with Gasteiger partial charge >= 0.3 is 0 Å². The lowest BCUT2D eigenvalue weighted by Crippen LogP contribution is -2.28. The summed E-state index contributed by atoms with van der Waals surface area (Å²) in [4.78, 5) is 11.0. The first-order valence-electron chi connectivity index (χ1n) is 6.24.